The molecule has 1 aliphatic heterocycles. The number of amides is 2. The summed E-state index contributed by atoms with van der Waals surface area (Å²) in [5.74, 6) is -0.614. The van der Waals surface area contributed by atoms with Gasteiger partial charge in [0, 0.05) is 24.3 Å². The van der Waals surface area contributed by atoms with Gasteiger partial charge in [0.2, 0.25) is 5.91 Å². The third kappa shape index (κ3) is 4.61. The highest BCUT2D eigenvalue weighted by atomic mass is 32.2. The van der Waals surface area contributed by atoms with Crippen molar-refractivity contribution in [3.63, 3.8) is 0 Å². The van der Waals surface area contributed by atoms with Crippen LogP contribution in [0.3, 0.4) is 0 Å². The predicted molar refractivity (Wildman–Crippen MR) is 117 cm³/mol. The summed E-state index contributed by atoms with van der Waals surface area (Å²) in [6.07, 6.45) is 0.519. The van der Waals surface area contributed by atoms with Gasteiger partial charge >= 0.3 is 0 Å². The molecular formula is C20H19N3O4S3. The van der Waals surface area contributed by atoms with Gasteiger partial charge in [-0.15, -0.1) is 11.3 Å². The molecule has 0 aliphatic carbocycles. The first-order chi connectivity index (χ1) is 14.4. The zero-order valence-electron chi connectivity index (χ0n) is 15.9. The summed E-state index contributed by atoms with van der Waals surface area (Å²) in [6.45, 7) is 0.866. The van der Waals surface area contributed by atoms with Gasteiger partial charge in [-0.3, -0.25) is 14.9 Å². The zero-order valence-corrected chi connectivity index (χ0v) is 18.4. The van der Waals surface area contributed by atoms with Crippen molar-refractivity contribution in [2.24, 2.45) is 0 Å². The molecule has 2 amide bonds. The van der Waals surface area contributed by atoms with E-state index in [9.17, 15) is 18.0 Å². The van der Waals surface area contributed by atoms with E-state index in [4.69, 9.17) is 0 Å². The molecule has 0 atom stereocenters. The number of carbonyl (C=O) groups is 2. The standard InChI is InChI=1S/C20H19N3O4S3/c24-18(9-12-30(26,27)14-5-2-1-3-6-14)23-10-8-15-17(13-23)29-20(21-15)22-19(25)16-7-4-11-28-16/h1-7,11H,8-10,12-13H2,(H,21,22,25). The Balaban J connectivity index is 1.36. The minimum atomic E-state index is -3.49. The van der Waals surface area contributed by atoms with Gasteiger partial charge in [0.25, 0.3) is 5.91 Å². The minimum Gasteiger partial charge on any atom is -0.337 e. The van der Waals surface area contributed by atoms with Gasteiger partial charge in [0.15, 0.2) is 15.0 Å². The number of hydrogen-bond donors (Lipinski definition) is 1. The molecule has 0 fully saturated rings. The quantitative estimate of drug-likeness (QED) is 0.608. The number of thiophene rings is 1. The summed E-state index contributed by atoms with van der Waals surface area (Å²) in [4.78, 5) is 32.7. The Morgan fingerprint density at radius 2 is 1.93 bits per heavy atom. The third-order valence-corrected chi connectivity index (χ3v) is 8.33. The number of sulfone groups is 1. The Kier molecular flexibility index (Phi) is 5.98. The van der Waals surface area contributed by atoms with E-state index < -0.39 is 9.84 Å². The van der Waals surface area contributed by atoms with Gasteiger partial charge in [0.1, 0.15) is 0 Å². The van der Waals surface area contributed by atoms with Crippen LogP contribution in [0, 0.1) is 0 Å². The molecule has 0 bridgehead atoms. The van der Waals surface area contributed by atoms with Crippen molar-refractivity contribution < 1.29 is 18.0 Å². The number of rotatable bonds is 6. The first-order valence-electron chi connectivity index (χ1n) is 9.31. The second-order valence-electron chi connectivity index (χ2n) is 6.77. The van der Waals surface area contributed by atoms with E-state index in [1.807, 2.05) is 11.4 Å². The fourth-order valence-corrected chi connectivity index (χ4v) is 6.04. The lowest BCUT2D eigenvalue weighted by molar-refractivity contribution is -0.131. The molecule has 7 nitrogen and oxygen atoms in total. The van der Waals surface area contributed by atoms with Crippen molar-refractivity contribution in [1.82, 2.24) is 9.88 Å². The lowest BCUT2D eigenvalue weighted by Gasteiger charge is -2.26. The fraction of sp³-hybridized carbons (Fsp3) is 0.250. The number of nitrogens with zero attached hydrogens (tertiary/aromatic N) is 2. The van der Waals surface area contributed by atoms with Gasteiger partial charge in [-0.2, -0.15) is 0 Å². The maximum absolute atomic E-state index is 12.6. The van der Waals surface area contributed by atoms with Crippen LogP contribution in [0.2, 0.25) is 0 Å². The average molecular weight is 462 g/mol. The number of nitrogens with one attached hydrogen (secondary N) is 1. The largest absolute Gasteiger partial charge is 0.337 e. The number of anilines is 1. The molecule has 4 rings (SSSR count). The highest BCUT2D eigenvalue weighted by Gasteiger charge is 2.26. The van der Waals surface area contributed by atoms with Crippen LogP contribution in [0.5, 0.6) is 0 Å². The smallest absolute Gasteiger partial charge is 0.267 e. The summed E-state index contributed by atoms with van der Waals surface area (Å²) in [7, 11) is -3.49. The maximum Gasteiger partial charge on any atom is 0.267 e. The molecule has 0 radical (unpaired) electrons. The summed E-state index contributed by atoms with van der Waals surface area (Å²) in [6, 6.07) is 11.7. The molecule has 0 spiro atoms. The van der Waals surface area contributed by atoms with E-state index in [2.05, 4.69) is 10.3 Å². The lowest BCUT2D eigenvalue weighted by atomic mass is 10.1. The number of hydrogen-bond acceptors (Lipinski definition) is 7. The van der Waals surface area contributed by atoms with E-state index in [1.54, 1.807) is 29.2 Å². The predicted octanol–water partition coefficient (Wildman–Crippen LogP) is 3.21. The third-order valence-electron chi connectivity index (χ3n) is 4.74. The molecule has 0 saturated heterocycles. The van der Waals surface area contributed by atoms with E-state index >= 15 is 0 Å². The number of fused-ring (bicyclic) bond motifs is 1. The van der Waals surface area contributed by atoms with Crippen LogP contribution in [0.15, 0.2) is 52.7 Å². The van der Waals surface area contributed by atoms with Gasteiger partial charge in [0.05, 0.1) is 27.8 Å². The van der Waals surface area contributed by atoms with Crippen molar-refractivity contribution in [3.05, 3.63) is 63.3 Å². The SMILES string of the molecule is O=C(Nc1nc2c(s1)CN(C(=O)CCS(=O)(=O)c1ccccc1)CC2)c1cccs1. The normalized spacial score (nSPS) is 13.7. The van der Waals surface area contributed by atoms with Crippen LogP contribution < -0.4 is 5.32 Å². The number of benzene rings is 1. The van der Waals surface area contributed by atoms with Crippen LogP contribution in [0.4, 0.5) is 5.13 Å². The van der Waals surface area contributed by atoms with Crippen LogP contribution in [0.25, 0.3) is 0 Å². The number of aromatic nitrogens is 1. The van der Waals surface area contributed by atoms with Gasteiger partial charge in [-0.05, 0) is 23.6 Å². The average Bonchev–Trinajstić information content (AvgIpc) is 3.41. The monoisotopic (exact) mass is 461 g/mol. The molecule has 10 heteroatoms. The highest BCUT2D eigenvalue weighted by Crippen LogP contribution is 2.29. The van der Waals surface area contributed by atoms with Crippen LogP contribution >= 0.6 is 22.7 Å². The van der Waals surface area contributed by atoms with E-state index in [1.165, 1.54) is 34.8 Å². The lowest BCUT2D eigenvalue weighted by Crippen LogP contribution is -2.36. The van der Waals surface area contributed by atoms with Crippen LogP contribution in [-0.2, 0) is 27.6 Å². The Hall–Kier alpha value is -2.56. The second kappa shape index (κ2) is 8.66. The molecule has 1 N–H and O–H groups in total. The Morgan fingerprint density at radius 3 is 2.67 bits per heavy atom. The Labute approximate surface area is 182 Å². The number of carbonyl (C=O) groups excluding carboxylic acids is 2. The fourth-order valence-electron chi connectivity index (χ4n) is 3.15. The minimum absolute atomic E-state index is 0.0622. The van der Waals surface area contributed by atoms with E-state index in [-0.39, 0.29) is 28.9 Å². The van der Waals surface area contributed by atoms with Crippen molar-refractivity contribution in [3.8, 4) is 0 Å². The van der Waals surface area contributed by atoms with Crippen LogP contribution in [-0.4, -0.2) is 42.4 Å². The molecule has 2 aromatic heterocycles. The molecule has 0 unspecified atom stereocenters. The summed E-state index contributed by atoms with van der Waals surface area (Å²) < 4.78 is 24.8. The van der Waals surface area contributed by atoms with Crippen molar-refractivity contribution in [2.45, 2.75) is 24.3 Å². The van der Waals surface area contributed by atoms with Crippen molar-refractivity contribution >= 4 is 49.5 Å². The zero-order chi connectivity index (χ0) is 21.1. The first kappa shape index (κ1) is 20.7. The second-order valence-corrected chi connectivity index (χ2v) is 10.9. The molecular weight excluding hydrogens is 442 g/mol. The Morgan fingerprint density at radius 1 is 1.13 bits per heavy atom. The van der Waals surface area contributed by atoms with Gasteiger partial charge in [-0.25, -0.2) is 13.4 Å². The van der Waals surface area contributed by atoms with Gasteiger partial charge < -0.3 is 4.90 Å². The van der Waals surface area contributed by atoms with E-state index in [0.717, 1.165) is 10.6 Å². The van der Waals surface area contributed by atoms with E-state index in [0.29, 0.717) is 29.5 Å². The molecule has 3 heterocycles. The number of thiazole rings is 1. The molecule has 30 heavy (non-hydrogen) atoms. The molecule has 1 aliphatic rings. The first-order valence-corrected chi connectivity index (χ1v) is 12.7. The molecule has 0 saturated carbocycles. The van der Waals surface area contributed by atoms with Crippen molar-refractivity contribution in [2.75, 3.05) is 17.6 Å². The topological polar surface area (TPSA) is 96.4 Å². The maximum atomic E-state index is 12.6. The summed E-state index contributed by atoms with van der Waals surface area (Å²) >= 11 is 2.71. The summed E-state index contributed by atoms with van der Waals surface area (Å²) in [5.41, 5.74) is 0.877. The highest BCUT2D eigenvalue weighted by molar-refractivity contribution is 7.91. The van der Waals surface area contributed by atoms with Gasteiger partial charge in [-0.1, -0.05) is 35.6 Å². The molecule has 1 aromatic carbocycles. The molecule has 3 aromatic rings. The van der Waals surface area contributed by atoms with Crippen molar-refractivity contribution in [1.29, 1.82) is 0 Å². The summed E-state index contributed by atoms with van der Waals surface area (Å²) in [5, 5.41) is 5.15. The van der Waals surface area contributed by atoms with Crippen LogP contribution in [0.1, 0.15) is 26.7 Å². The Bertz CT molecular complexity index is 1160. The molecule has 156 valence electrons.